The lowest BCUT2D eigenvalue weighted by atomic mass is 9.99. The molecule has 0 spiro atoms. The Morgan fingerprint density at radius 1 is 1.47 bits per heavy atom. The molecule has 0 N–H and O–H groups in total. The molecule has 104 valence electrons. The van der Waals surface area contributed by atoms with Gasteiger partial charge in [0.1, 0.15) is 0 Å². The van der Waals surface area contributed by atoms with E-state index >= 15 is 0 Å². The summed E-state index contributed by atoms with van der Waals surface area (Å²) in [6.07, 6.45) is 0.891. The van der Waals surface area contributed by atoms with Gasteiger partial charge in [-0.25, -0.2) is 0 Å². The van der Waals surface area contributed by atoms with E-state index in [1.807, 2.05) is 43.0 Å². The van der Waals surface area contributed by atoms with Crippen molar-refractivity contribution in [3.8, 4) is 0 Å². The van der Waals surface area contributed by atoms with Gasteiger partial charge < -0.3 is 9.64 Å². The molecule has 1 aromatic rings. The third-order valence-electron chi connectivity index (χ3n) is 3.43. The molecule has 2 atom stereocenters. The summed E-state index contributed by atoms with van der Waals surface area (Å²) in [5.74, 6) is 0.205. The van der Waals surface area contributed by atoms with Crippen LogP contribution in [0.5, 0.6) is 0 Å². The molecule has 2 unspecified atom stereocenters. The lowest BCUT2D eigenvalue weighted by molar-refractivity contribution is -0.141. The number of carbonyl (C=O) groups excluding carboxylic acids is 1. The summed E-state index contributed by atoms with van der Waals surface area (Å²) >= 11 is 5.86. The average Bonchev–Trinajstić information content (AvgIpc) is 2.40. The van der Waals surface area contributed by atoms with Gasteiger partial charge in [0.05, 0.1) is 12.7 Å². The molecule has 2 rings (SSSR count). The van der Waals surface area contributed by atoms with E-state index in [2.05, 4.69) is 0 Å². The van der Waals surface area contributed by atoms with Crippen molar-refractivity contribution in [2.24, 2.45) is 5.92 Å². The van der Waals surface area contributed by atoms with Gasteiger partial charge in [0.15, 0.2) is 0 Å². The average molecular weight is 282 g/mol. The van der Waals surface area contributed by atoms with Gasteiger partial charge in [0.2, 0.25) is 5.91 Å². The Balaban J connectivity index is 1.93. The van der Waals surface area contributed by atoms with Crippen molar-refractivity contribution in [1.29, 1.82) is 0 Å². The minimum absolute atomic E-state index is 0.00789. The van der Waals surface area contributed by atoms with Gasteiger partial charge in [-0.15, -0.1) is 0 Å². The molecule has 4 heteroatoms. The Morgan fingerprint density at radius 2 is 2.16 bits per heavy atom. The van der Waals surface area contributed by atoms with Gasteiger partial charge in [-0.05, 0) is 31.0 Å². The molecule has 0 aromatic heterocycles. The third-order valence-corrected chi connectivity index (χ3v) is 3.68. The smallest absolute Gasteiger partial charge is 0.225 e. The van der Waals surface area contributed by atoms with Crippen LogP contribution in [-0.2, 0) is 16.0 Å². The molecule has 19 heavy (non-hydrogen) atoms. The maximum Gasteiger partial charge on any atom is 0.225 e. The van der Waals surface area contributed by atoms with Crippen molar-refractivity contribution in [2.45, 2.75) is 26.4 Å². The first-order valence-corrected chi connectivity index (χ1v) is 7.09. The standard InChI is InChI=1S/C15H20ClNO2/c1-11(9-13-3-5-14(16)6-4-13)15(18)17-7-8-19-12(2)10-17/h3-6,11-12H,7-10H2,1-2H3. The van der Waals surface area contributed by atoms with Crippen molar-refractivity contribution >= 4 is 17.5 Å². The summed E-state index contributed by atoms with van der Waals surface area (Å²) in [6, 6.07) is 7.69. The number of morpholine rings is 1. The van der Waals surface area contributed by atoms with Crippen molar-refractivity contribution in [1.82, 2.24) is 4.90 Å². The molecular weight excluding hydrogens is 262 g/mol. The van der Waals surface area contributed by atoms with Crippen molar-refractivity contribution in [2.75, 3.05) is 19.7 Å². The number of hydrogen-bond acceptors (Lipinski definition) is 2. The lowest BCUT2D eigenvalue weighted by Crippen LogP contribution is -2.46. The predicted octanol–water partition coefficient (Wildman–Crippen LogP) is 2.77. The number of halogens is 1. The van der Waals surface area contributed by atoms with E-state index in [1.54, 1.807) is 0 Å². The summed E-state index contributed by atoms with van der Waals surface area (Å²) in [6.45, 7) is 6.03. The maximum absolute atomic E-state index is 12.4. The molecule has 1 aliphatic heterocycles. The van der Waals surface area contributed by atoms with Crippen LogP contribution in [0.1, 0.15) is 19.4 Å². The molecule has 3 nitrogen and oxygen atoms in total. The number of amides is 1. The highest BCUT2D eigenvalue weighted by Gasteiger charge is 2.25. The zero-order valence-electron chi connectivity index (χ0n) is 11.4. The molecule has 0 radical (unpaired) electrons. The van der Waals surface area contributed by atoms with Gasteiger partial charge in [-0.1, -0.05) is 30.7 Å². The molecule has 1 fully saturated rings. The fourth-order valence-electron chi connectivity index (χ4n) is 2.39. The summed E-state index contributed by atoms with van der Waals surface area (Å²) in [5, 5.41) is 0.727. The van der Waals surface area contributed by atoms with Crippen LogP contribution in [0.15, 0.2) is 24.3 Å². The van der Waals surface area contributed by atoms with Crippen molar-refractivity contribution < 1.29 is 9.53 Å². The molecule has 0 saturated carbocycles. The van der Waals surface area contributed by atoms with E-state index in [1.165, 1.54) is 0 Å². The van der Waals surface area contributed by atoms with E-state index in [0.29, 0.717) is 19.7 Å². The first-order valence-electron chi connectivity index (χ1n) is 6.71. The topological polar surface area (TPSA) is 29.5 Å². The second kappa shape index (κ2) is 6.40. The third kappa shape index (κ3) is 3.95. The normalized spacial score (nSPS) is 21.2. The fraction of sp³-hybridized carbons (Fsp3) is 0.533. The van der Waals surface area contributed by atoms with Gasteiger partial charge in [-0.2, -0.15) is 0 Å². The number of ether oxygens (including phenoxy) is 1. The SMILES string of the molecule is CC1CN(C(=O)C(C)Cc2ccc(Cl)cc2)CCO1. The van der Waals surface area contributed by atoms with Crippen LogP contribution in [0.3, 0.4) is 0 Å². The first kappa shape index (κ1) is 14.4. The van der Waals surface area contributed by atoms with Crippen LogP contribution in [0.25, 0.3) is 0 Å². The monoisotopic (exact) mass is 281 g/mol. The first-order chi connectivity index (χ1) is 9.06. The van der Waals surface area contributed by atoms with Gasteiger partial charge in [0.25, 0.3) is 0 Å². The summed E-state index contributed by atoms with van der Waals surface area (Å²) in [7, 11) is 0. The van der Waals surface area contributed by atoms with Crippen molar-refractivity contribution in [3.05, 3.63) is 34.9 Å². The molecule has 0 aliphatic carbocycles. The van der Waals surface area contributed by atoms with E-state index in [-0.39, 0.29) is 17.9 Å². The number of rotatable bonds is 3. The van der Waals surface area contributed by atoms with E-state index < -0.39 is 0 Å². The van der Waals surface area contributed by atoms with Gasteiger partial charge in [-0.3, -0.25) is 4.79 Å². The minimum atomic E-state index is -0.00789. The van der Waals surface area contributed by atoms with Crippen LogP contribution in [0.4, 0.5) is 0 Å². The molecular formula is C15H20ClNO2. The number of hydrogen-bond donors (Lipinski definition) is 0. The molecule has 1 amide bonds. The molecule has 1 aliphatic rings. The highest BCUT2D eigenvalue weighted by molar-refractivity contribution is 6.30. The largest absolute Gasteiger partial charge is 0.375 e. The van der Waals surface area contributed by atoms with Crippen LogP contribution in [0.2, 0.25) is 5.02 Å². The van der Waals surface area contributed by atoms with Gasteiger partial charge >= 0.3 is 0 Å². The minimum Gasteiger partial charge on any atom is -0.375 e. The zero-order chi connectivity index (χ0) is 13.8. The number of carbonyl (C=O) groups is 1. The second-order valence-corrected chi connectivity index (χ2v) is 5.63. The molecule has 1 aromatic carbocycles. The van der Waals surface area contributed by atoms with E-state index in [9.17, 15) is 4.79 Å². The van der Waals surface area contributed by atoms with Crippen molar-refractivity contribution in [3.63, 3.8) is 0 Å². The molecule has 1 heterocycles. The molecule has 0 bridgehead atoms. The number of benzene rings is 1. The Bertz CT molecular complexity index is 432. The Morgan fingerprint density at radius 3 is 2.79 bits per heavy atom. The van der Waals surface area contributed by atoms with Crippen LogP contribution >= 0.6 is 11.6 Å². The summed E-state index contributed by atoms with van der Waals surface area (Å²) in [4.78, 5) is 14.3. The second-order valence-electron chi connectivity index (χ2n) is 5.20. The lowest BCUT2D eigenvalue weighted by Gasteiger charge is -2.33. The fourth-order valence-corrected chi connectivity index (χ4v) is 2.52. The Hall–Kier alpha value is -1.06. The summed E-state index contributed by atoms with van der Waals surface area (Å²) < 4.78 is 5.46. The van der Waals surface area contributed by atoms with Crippen LogP contribution in [-0.4, -0.2) is 36.6 Å². The highest BCUT2D eigenvalue weighted by Crippen LogP contribution is 2.16. The predicted molar refractivity (Wildman–Crippen MR) is 76.3 cm³/mol. The zero-order valence-corrected chi connectivity index (χ0v) is 12.2. The molecule has 1 saturated heterocycles. The maximum atomic E-state index is 12.4. The van der Waals surface area contributed by atoms with Gasteiger partial charge in [0, 0.05) is 24.0 Å². The van der Waals surface area contributed by atoms with E-state index in [4.69, 9.17) is 16.3 Å². The summed E-state index contributed by atoms with van der Waals surface area (Å²) in [5.41, 5.74) is 1.14. The number of nitrogens with zero attached hydrogens (tertiary/aromatic N) is 1. The van der Waals surface area contributed by atoms with Crippen LogP contribution < -0.4 is 0 Å². The van der Waals surface area contributed by atoms with E-state index in [0.717, 1.165) is 17.0 Å². The quantitative estimate of drug-likeness (QED) is 0.853. The Labute approximate surface area is 119 Å². The van der Waals surface area contributed by atoms with Crippen LogP contribution in [0, 0.1) is 5.92 Å². The highest BCUT2D eigenvalue weighted by atomic mass is 35.5. The Kier molecular flexibility index (Phi) is 4.83.